The minimum absolute atomic E-state index is 0.258. The van der Waals surface area contributed by atoms with Crippen molar-refractivity contribution in [3.63, 3.8) is 0 Å². The predicted molar refractivity (Wildman–Crippen MR) is 105 cm³/mol. The second-order valence-corrected chi connectivity index (χ2v) is 6.64. The van der Waals surface area contributed by atoms with Gasteiger partial charge in [-0.05, 0) is 48.4 Å². The van der Waals surface area contributed by atoms with E-state index in [9.17, 15) is 18.8 Å². The van der Waals surface area contributed by atoms with Crippen molar-refractivity contribution in [2.75, 3.05) is 25.1 Å². The molecule has 0 saturated carbocycles. The summed E-state index contributed by atoms with van der Waals surface area (Å²) in [6, 6.07) is 11.7. The van der Waals surface area contributed by atoms with Gasteiger partial charge in [0.2, 0.25) is 5.91 Å². The van der Waals surface area contributed by atoms with Gasteiger partial charge in [-0.2, -0.15) is 0 Å². The molecule has 7 nitrogen and oxygen atoms in total. The van der Waals surface area contributed by atoms with Crippen molar-refractivity contribution >= 4 is 23.5 Å². The normalized spacial score (nSPS) is 10.3. The summed E-state index contributed by atoms with van der Waals surface area (Å²) in [6.45, 7) is 3.69. The van der Waals surface area contributed by atoms with Gasteiger partial charge in [0.05, 0.1) is 18.7 Å². The average molecular weight is 402 g/mol. The van der Waals surface area contributed by atoms with Crippen LogP contribution in [0.25, 0.3) is 0 Å². The number of anilines is 1. The predicted octanol–water partition coefficient (Wildman–Crippen LogP) is 2.77. The molecule has 0 unspecified atom stereocenters. The van der Waals surface area contributed by atoms with E-state index in [0.29, 0.717) is 24.0 Å². The fourth-order valence-corrected chi connectivity index (χ4v) is 2.16. The third-order valence-corrected chi connectivity index (χ3v) is 3.56. The molecule has 0 heterocycles. The number of rotatable bonds is 9. The van der Waals surface area contributed by atoms with E-state index in [-0.39, 0.29) is 12.1 Å². The molecular formula is C21H23FN2O5. The number of hydrogen-bond acceptors (Lipinski definition) is 5. The van der Waals surface area contributed by atoms with E-state index in [2.05, 4.69) is 10.6 Å². The zero-order valence-electron chi connectivity index (χ0n) is 16.2. The average Bonchev–Trinajstić information content (AvgIpc) is 2.71. The van der Waals surface area contributed by atoms with Gasteiger partial charge in [0.15, 0.2) is 6.61 Å². The number of hydrogen-bond donors (Lipinski definition) is 2. The van der Waals surface area contributed by atoms with Crippen molar-refractivity contribution in [2.24, 2.45) is 5.92 Å². The van der Waals surface area contributed by atoms with Gasteiger partial charge in [0.25, 0.3) is 5.91 Å². The molecule has 0 aromatic heterocycles. The second-order valence-electron chi connectivity index (χ2n) is 6.64. The highest BCUT2D eigenvalue weighted by molar-refractivity contribution is 5.95. The maximum atomic E-state index is 12.8. The first kappa shape index (κ1) is 21.9. The van der Waals surface area contributed by atoms with E-state index in [0.717, 1.165) is 0 Å². The van der Waals surface area contributed by atoms with Gasteiger partial charge in [0.1, 0.15) is 11.6 Å². The fraction of sp³-hybridized carbons (Fsp3) is 0.286. The molecule has 2 amide bonds. The van der Waals surface area contributed by atoms with Crippen molar-refractivity contribution in [1.82, 2.24) is 5.32 Å². The Morgan fingerprint density at radius 3 is 2.45 bits per heavy atom. The highest BCUT2D eigenvalue weighted by Crippen LogP contribution is 2.15. The molecule has 8 heteroatoms. The van der Waals surface area contributed by atoms with Crippen molar-refractivity contribution in [2.45, 2.75) is 13.8 Å². The largest absolute Gasteiger partial charge is 0.493 e. The van der Waals surface area contributed by atoms with Gasteiger partial charge < -0.3 is 20.1 Å². The van der Waals surface area contributed by atoms with Crippen LogP contribution in [0.3, 0.4) is 0 Å². The van der Waals surface area contributed by atoms with Crippen LogP contribution in [0.1, 0.15) is 24.2 Å². The maximum Gasteiger partial charge on any atom is 0.338 e. The number of ether oxygens (including phenoxy) is 2. The minimum Gasteiger partial charge on any atom is -0.493 e. The van der Waals surface area contributed by atoms with Crippen LogP contribution in [0.2, 0.25) is 0 Å². The lowest BCUT2D eigenvalue weighted by Gasteiger charge is -2.10. The monoisotopic (exact) mass is 402 g/mol. The maximum absolute atomic E-state index is 12.8. The van der Waals surface area contributed by atoms with E-state index in [1.165, 1.54) is 24.3 Å². The van der Waals surface area contributed by atoms with Gasteiger partial charge >= 0.3 is 5.97 Å². The molecule has 154 valence electrons. The topological polar surface area (TPSA) is 93.7 Å². The molecule has 0 atom stereocenters. The molecule has 0 aliphatic carbocycles. The summed E-state index contributed by atoms with van der Waals surface area (Å²) in [7, 11) is 0. The van der Waals surface area contributed by atoms with Crippen molar-refractivity contribution in [3.05, 3.63) is 59.9 Å². The first-order valence-corrected chi connectivity index (χ1v) is 9.05. The highest BCUT2D eigenvalue weighted by Gasteiger charge is 2.12. The van der Waals surface area contributed by atoms with Crippen LogP contribution in [0.15, 0.2) is 48.5 Å². The minimum atomic E-state index is -0.675. The number of amides is 2. The van der Waals surface area contributed by atoms with Crippen LogP contribution in [0.5, 0.6) is 5.75 Å². The molecule has 2 aromatic rings. The molecule has 2 rings (SSSR count). The summed E-state index contributed by atoms with van der Waals surface area (Å²) in [5.74, 6) is -1.34. The number of nitrogens with one attached hydrogen (secondary N) is 2. The molecule has 0 aliphatic heterocycles. The Morgan fingerprint density at radius 2 is 1.76 bits per heavy atom. The van der Waals surface area contributed by atoms with Crippen LogP contribution >= 0.6 is 0 Å². The number of carbonyl (C=O) groups is 3. The quantitative estimate of drug-likeness (QED) is 0.629. The summed E-state index contributed by atoms with van der Waals surface area (Å²) >= 11 is 0. The van der Waals surface area contributed by atoms with Gasteiger partial charge in [-0.25, -0.2) is 9.18 Å². The standard InChI is InChI=1S/C21H23FN2O5/c1-14(2)12-28-18-5-3-4-15(10-18)21(27)29-13-20(26)23-11-19(25)24-17-8-6-16(22)7-9-17/h3-10,14H,11-13H2,1-2H3,(H,23,26)(H,24,25). The Labute approximate surface area is 168 Å². The first-order chi connectivity index (χ1) is 13.8. The zero-order chi connectivity index (χ0) is 21.2. The third kappa shape index (κ3) is 8.00. The Balaban J connectivity index is 1.74. The molecule has 0 radical (unpaired) electrons. The lowest BCUT2D eigenvalue weighted by atomic mass is 10.2. The molecular weight excluding hydrogens is 379 g/mol. The molecule has 0 spiro atoms. The SMILES string of the molecule is CC(C)COc1cccc(C(=O)OCC(=O)NCC(=O)Nc2ccc(F)cc2)c1. The van der Waals surface area contributed by atoms with Crippen LogP contribution in [-0.4, -0.2) is 37.5 Å². The molecule has 0 aliphatic rings. The van der Waals surface area contributed by atoms with E-state index in [4.69, 9.17) is 9.47 Å². The van der Waals surface area contributed by atoms with E-state index in [1.54, 1.807) is 24.3 Å². The van der Waals surface area contributed by atoms with Gasteiger partial charge in [-0.15, -0.1) is 0 Å². The summed E-state index contributed by atoms with van der Waals surface area (Å²) < 4.78 is 23.3. The number of esters is 1. The van der Waals surface area contributed by atoms with Crippen LogP contribution in [-0.2, 0) is 14.3 Å². The first-order valence-electron chi connectivity index (χ1n) is 9.05. The Kier molecular flexibility index (Phi) is 8.14. The van der Waals surface area contributed by atoms with E-state index in [1.807, 2.05) is 13.8 Å². The summed E-state index contributed by atoms with van der Waals surface area (Å²) in [5, 5.41) is 4.84. The molecule has 2 N–H and O–H groups in total. The highest BCUT2D eigenvalue weighted by atomic mass is 19.1. The van der Waals surface area contributed by atoms with Gasteiger partial charge in [-0.1, -0.05) is 19.9 Å². The van der Waals surface area contributed by atoms with Crippen molar-refractivity contribution < 1.29 is 28.2 Å². The van der Waals surface area contributed by atoms with E-state index < -0.39 is 30.2 Å². The Bertz CT molecular complexity index is 852. The fourth-order valence-electron chi connectivity index (χ4n) is 2.16. The third-order valence-electron chi connectivity index (χ3n) is 3.56. The lowest BCUT2D eigenvalue weighted by Crippen LogP contribution is -2.35. The Morgan fingerprint density at radius 1 is 1.03 bits per heavy atom. The van der Waals surface area contributed by atoms with Crippen LogP contribution < -0.4 is 15.4 Å². The van der Waals surface area contributed by atoms with Gasteiger partial charge in [-0.3, -0.25) is 9.59 Å². The molecule has 0 bridgehead atoms. The summed E-state index contributed by atoms with van der Waals surface area (Å²) in [6.07, 6.45) is 0. The number of benzene rings is 2. The molecule has 29 heavy (non-hydrogen) atoms. The zero-order valence-corrected chi connectivity index (χ0v) is 16.2. The van der Waals surface area contributed by atoms with Crippen molar-refractivity contribution in [1.29, 1.82) is 0 Å². The number of carbonyl (C=O) groups excluding carboxylic acids is 3. The van der Waals surface area contributed by atoms with E-state index >= 15 is 0 Å². The summed E-state index contributed by atoms with van der Waals surface area (Å²) in [4.78, 5) is 35.6. The smallest absolute Gasteiger partial charge is 0.338 e. The molecule has 0 saturated heterocycles. The summed E-state index contributed by atoms with van der Waals surface area (Å²) in [5.41, 5.74) is 0.657. The van der Waals surface area contributed by atoms with Crippen molar-refractivity contribution in [3.8, 4) is 5.75 Å². The van der Waals surface area contributed by atoms with Crippen LogP contribution in [0, 0.1) is 11.7 Å². The lowest BCUT2D eigenvalue weighted by molar-refractivity contribution is -0.126. The second kappa shape index (κ2) is 10.8. The van der Waals surface area contributed by atoms with Crippen LogP contribution in [0.4, 0.5) is 10.1 Å². The molecule has 0 fully saturated rings. The number of halogens is 1. The Hall–Kier alpha value is -3.42. The molecule has 2 aromatic carbocycles. The van der Waals surface area contributed by atoms with Gasteiger partial charge in [0, 0.05) is 5.69 Å².